The van der Waals surface area contributed by atoms with Gasteiger partial charge in [0, 0.05) is 12.8 Å². The Bertz CT molecular complexity index is 1100. The maximum atomic E-state index is 12.5. The number of amides is 1. The van der Waals surface area contributed by atoms with Crippen molar-refractivity contribution in [2.45, 2.75) is 334 Å². The highest BCUT2D eigenvalue weighted by atomic mass is 16.5. The van der Waals surface area contributed by atoms with Gasteiger partial charge >= 0.3 is 5.97 Å². The molecule has 6 nitrogen and oxygen atoms in total. The number of esters is 1. The van der Waals surface area contributed by atoms with Crippen LogP contribution in [0.4, 0.5) is 0 Å². The molecule has 0 radical (unpaired) electrons. The third kappa shape index (κ3) is 53.4. The number of hydrogen-bond acceptors (Lipinski definition) is 5. The Kier molecular flexibility index (Phi) is 56.0. The Morgan fingerprint density at radius 1 is 0.397 bits per heavy atom. The van der Waals surface area contributed by atoms with Crippen LogP contribution in [0.5, 0.6) is 0 Å². The largest absolute Gasteiger partial charge is 0.466 e. The van der Waals surface area contributed by atoms with Gasteiger partial charge in [-0.15, -0.1) is 0 Å². The number of aliphatic hydroxyl groups excluding tert-OH is 2. The minimum Gasteiger partial charge on any atom is -0.466 e. The van der Waals surface area contributed by atoms with Crippen LogP contribution in [0.25, 0.3) is 0 Å². The van der Waals surface area contributed by atoms with E-state index in [1.165, 1.54) is 244 Å². The Labute approximate surface area is 424 Å². The highest BCUT2D eigenvalue weighted by Crippen LogP contribution is 2.16. The summed E-state index contributed by atoms with van der Waals surface area (Å²) < 4.78 is 5.47. The quantitative estimate of drug-likeness (QED) is 0.0321. The molecule has 0 spiro atoms. The van der Waals surface area contributed by atoms with Gasteiger partial charge in [-0.3, -0.25) is 9.59 Å². The molecule has 0 saturated carbocycles. The molecular formula is C62H117NO5. The molecule has 0 saturated heterocycles. The first kappa shape index (κ1) is 66.1. The second-order valence-electron chi connectivity index (χ2n) is 20.7. The van der Waals surface area contributed by atoms with E-state index in [4.69, 9.17) is 4.74 Å². The normalized spacial score (nSPS) is 12.8. The van der Waals surface area contributed by atoms with E-state index < -0.39 is 12.1 Å². The van der Waals surface area contributed by atoms with E-state index in [1.54, 1.807) is 6.08 Å². The van der Waals surface area contributed by atoms with E-state index in [1.807, 2.05) is 6.08 Å². The van der Waals surface area contributed by atoms with Crippen LogP contribution in [-0.4, -0.2) is 47.4 Å². The lowest BCUT2D eigenvalue weighted by Gasteiger charge is -2.20. The molecule has 0 aliphatic carbocycles. The number of aliphatic hydroxyl groups is 2. The SMILES string of the molecule is CCCCCC/C=C\CCCCCCCC(=O)OCCCCCCCCCCCC/C=C\CCCCCCCCCC(=O)NC(CO)C(O)/C=C/CCCCCCCCCCCCCCCCC. The van der Waals surface area contributed by atoms with E-state index in [0.717, 1.165) is 51.4 Å². The van der Waals surface area contributed by atoms with Gasteiger partial charge in [0.25, 0.3) is 0 Å². The average Bonchev–Trinajstić information content (AvgIpc) is 3.34. The predicted molar refractivity (Wildman–Crippen MR) is 296 cm³/mol. The van der Waals surface area contributed by atoms with Crippen molar-refractivity contribution in [3.8, 4) is 0 Å². The maximum Gasteiger partial charge on any atom is 0.305 e. The fourth-order valence-corrected chi connectivity index (χ4v) is 9.21. The zero-order valence-electron chi connectivity index (χ0n) is 45.6. The standard InChI is InChI=1S/C62H117NO5/c1-3-5-7-9-11-13-15-17-18-24-27-31-34-38-42-46-50-54-60(65)59(58-64)63-61(66)55-51-47-43-39-35-32-28-25-22-20-19-21-23-26-29-33-37-41-45-49-53-57-68-62(67)56-52-48-44-40-36-30-16-14-12-10-8-6-4-2/h14,16,20,22,50,54,59-60,64-65H,3-13,15,17-19,21,23-49,51-53,55-58H2,1-2H3,(H,63,66)/b16-14-,22-20-,54-50+. The molecule has 0 bridgehead atoms. The summed E-state index contributed by atoms with van der Waals surface area (Å²) in [5, 5.41) is 23.1. The Morgan fingerprint density at radius 2 is 0.691 bits per heavy atom. The van der Waals surface area contributed by atoms with E-state index in [0.29, 0.717) is 19.4 Å². The van der Waals surface area contributed by atoms with E-state index in [2.05, 4.69) is 43.5 Å². The van der Waals surface area contributed by atoms with Crippen LogP contribution in [0.15, 0.2) is 36.5 Å². The Balaban J connectivity index is 3.46. The van der Waals surface area contributed by atoms with Crippen molar-refractivity contribution in [2.24, 2.45) is 0 Å². The van der Waals surface area contributed by atoms with Crippen molar-refractivity contribution in [3.63, 3.8) is 0 Å². The lowest BCUT2D eigenvalue weighted by molar-refractivity contribution is -0.143. The summed E-state index contributed by atoms with van der Waals surface area (Å²) in [6.07, 6.45) is 71.7. The molecule has 0 aromatic heterocycles. The summed E-state index contributed by atoms with van der Waals surface area (Å²) >= 11 is 0. The topological polar surface area (TPSA) is 95.9 Å². The van der Waals surface area contributed by atoms with Gasteiger partial charge in [-0.05, 0) is 83.5 Å². The molecule has 0 aliphatic heterocycles. The fourth-order valence-electron chi connectivity index (χ4n) is 9.21. The predicted octanol–water partition coefficient (Wildman–Crippen LogP) is 18.8. The number of rotatable bonds is 56. The van der Waals surface area contributed by atoms with Gasteiger partial charge in [-0.2, -0.15) is 0 Å². The molecule has 68 heavy (non-hydrogen) atoms. The molecule has 2 unspecified atom stereocenters. The van der Waals surface area contributed by atoms with Crippen LogP contribution < -0.4 is 5.32 Å². The monoisotopic (exact) mass is 956 g/mol. The number of unbranched alkanes of at least 4 members (excludes halogenated alkanes) is 41. The van der Waals surface area contributed by atoms with Crippen LogP contribution in [0.2, 0.25) is 0 Å². The summed E-state index contributed by atoms with van der Waals surface area (Å²) in [6, 6.07) is -0.634. The van der Waals surface area contributed by atoms with Gasteiger partial charge in [-0.1, -0.05) is 262 Å². The molecule has 400 valence electrons. The Hall–Kier alpha value is -1.92. The third-order valence-electron chi connectivity index (χ3n) is 13.9. The zero-order valence-corrected chi connectivity index (χ0v) is 45.6. The van der Waals surface area contributed by atoms with Crippen molar-refractivity contribution < 1.29 is 24.5 Å². The van der Waals surface area contributed by atoms with Crippen molar-refractivity contribution in [1.82, 2.24) is 5.32 Å². The molecule has 6 heteroatoms. The highest BCUT2D eigenvalue weighted by molar-refractivity contribution is 5.76. The summed E-state index contributed by atoms with van der Waals surface area (Å²) in [5.41, 5.74) is 0. The van der Waals surface area contributed by atoms with E-state index in [-0.39, 0.29) is 18.5 Å². The number of nitrogens with one attached hydrogen (secondary N) is 1. The molecule has 1 amide bonds. The van der Waals surface area contributed by atoms with Gasteiger partial charge in [0.2, 0.25) is 5.91 Å². The number of hydrogen-bond donors (Lipinski definition) is 3. The van der Waals surface area contributed by atoms with E-state index in [9.17, 15) is 19.8 Å². The smallest absolute Gasteiger partial charge is 0.305 e. The molecule has 2 atom stereocenters. The summed E-state index contributed by atoms with van der Waals surface area (Å²) in [7, 11) is 0. The molecule has 0 aromatic rings. The van der Waals surface area contributed by atoms with Gasteiger partial charge in [0.05, 0.1) is 25.4 Å². The van der Waals surface area contributed by atoms with Gasteiger partial charge in [0.1, 0.15) is 0 Å². The first-order chi connectivity index (χ1) is 33.5. The zero-order chi connectivity index (χ0) is 49.3. The van der Waals surface area contributed by atoms with Crippen LogP contribution in [0.1, 0.15) is 322 Å². The second kappa shape index (κ2) is 57.7. The molecule has 0 rings (SSSR count). The molecule has 0 heterocycles. The first-order valence-electron chi connectivity index (χ1n) is 30.3. The van der Waals surface area contributed by atoms with Crippen molar-refractivity contribution in [2.75, 3.05) is 13.2 Å². The number of carbonyl (C=O) groups excluding carboxylic acids is 2. The first-order valence-corrected chi connectivity index (χ1v) is 30.3. The van der Waals surface area contributed by atoms with Crippen LogP contribution >= 0.6 is 0 Å². The van der Waals surface area contributed by atoms with Crippen molar-refractivity contribution in [3.05, 3.63) is 36.5 Å². The van der Waals surface area contributed by atoms with Gasteiger partial charge in [-0.25, -0.2) is 0 Å². The molecule has 0 fully saturated rings. The number of allylic oxidation sites excluding steroid dienone is 5. The van der Waals surface area contributed by atoms with Crippen LogP contribution in [-0.2, 0) is 14.3 Å². The third-order valence-corrected chi connectivity index (χ3v) is 13.9. The minimum absolute atomic E-state index is 0.00177. The maximum absolute atomic E-state index is 12.5. The fraction of sp³-hybridized carbons (Fsp3) is 0.871. The summed E-state index contributed by atoms with van der Waals surface area (Å²) in [5.74, 6) is -0.0762. The molecule has 0 aromatic carbocycles. The van der Waals surface area contributed by atoms with Gasteiger partial charge in [0.15, 0.2) is 0 Å². The lowest BCUT2D eigenvalue weighted by atomic mass is 10.0. The number of carbonyl (C=O) groups is 2. The van der Waals surface area contributed by atoms with Crippen molar-refractivity contribution >= 4 is 11.9 Å². The van der Waals surface area contributed by atoms with Crippen molar-refractivity contribution in [1.29, 1.82) is 0 Å². The minimum atomic E-state index is -0.850. The number of ether oxygens (including phenoxy) is 1. The molecular weight excluding hydrogens is 839 g/mol. The van der Waals surface area contributed by atoms with Crippen LogP contribution in [0, 0.1) is 0 Å². The van der Waals surface area contributed by atoms with Gasteiger partial charge < -0.3 is 20.3 Å². The molecule has 3 N–H and O–H groups in total. The van der Waals surface area contributed by atoms with E-state index >= 15 is 0 Å². The van der Waals surface area contributed by atoms with Crippen LogP contribution in [0.3, 0.4) is 0 Å². The lowest BCUT2D eigenvalue weighted by Crippen LogP contribution is -2.45. The average molecular weight is 957 g/mol. The second-order valence-corrected chi connectivity index (χ2v) is 20.7. The summed E-state index contributed by atoms with van der Waals surface area (Å²) in [4.78, 5) is 24.5. The highest BCUT2D eigenvalue weighted by Gasteiger charge is 2.18. The summed E-state index contributed by atoms with van der Waals surface area (Å²) in [6.45, 7) is 4.89. The molecule has 0 aliphatic rings. The Morgan fingerprint density at radius 3 is 1.06 bits per heavy atom.